The molecule has 2 heteroatoms. The summed E-state index contributed by atoms with van der Waals surface area (Å²) >= 11 is 0. The molecule has 0 fully saturated rings. The molecule has 1 aliphatic heterocycles. The molecule has 0 bridgehead atoms. The maximum Gasteiger partial charge on any atom is 0.211 e. The molecule has 45 heavy (non-hydrogen) atoms. The fourth-order valence-corrected chi connectivity index (χ4v) is 7.53. The van der Waals surface area contributed by atoms with Gasteiger partial charge in [-0.2, -0.15) is 0 Å². The number of hydrogen-bond donors (Lipinski definition) is 0. The molecule has 2 nitrogen and oxygen atoms in total. The third-order valence-corrected chi connectivity index (χ3v) is 9.83. The first kappa shape index (κ1) is 37.0. The minimum absolute atomic E-state index is 0.929. The second-order valence-electron chi connectivity index (χ2n) is 13.5. The van der Waals surface area contributed by atoms with Crippen molar-refractivity contribution < 1.29 is 4.70 Å². The lowest BCUT2D eigenvalue weighted by Crippen LogP contribution is -2.09. The number of allylic oxidation sites excluding steroid dienone is 2. The molecule has 3 rings (SSSR count). The number of hydrogen-bond acceptors (Lipinski definition) is 0. The Morgan fingerprint density at radius 1 is 0.422 bits per heavy atom. The lowest BCUT2D eigenvalue weighted by Gasteiger charge is -2.19. The van der Waals surface area contributed by atoms with Gasteiger partial charge in [0.25, 0.3) is 0 Å². The van der Waals surface area contributed by atoms with E-state index in [1.165, 1.54) is 95.9 Å². The standard InChI is InChI=1S/C43H66N2/c1-9-17-24-34-30-36(31-35(25-18-10-2)40(34)26-19-11-3)42-38(16-8)41(27-20-12-4)43(45(42)44)37-28-32(21-13-5)39(23-15-7)33(29-37)22-14-6/h28-31H,9-27H2,1-8H3. The Balaban J connectivity index is 2.29. The average Bonchev–Trinajstić information content (AvgIpc) is 3.32. The summed E-state index contributed by atoms with van der Waals surface area (Å²) in [5.41, 5.74) is 28.8. The predicted octanol–water partition coefficient (Wildman–Crippen LogP) is 13.3. The van der Waals surface area contributed by atoms with Gasteiger partial charge in [-0.25, -0.2) is 4.70 Å². The number of unbranched alkanes of at least 4 members (excludes halogenated alkanes) is 4. The maximum atomic E-state index is 12.4. The molecule has 0 saturated heterocycles. The van der Waals surface area contributed by atoms with E-state index in [2.05, 4.69) is 79.7 Å². The largest absolute Gasteiger partial charge is 0.493 e. The average molecular weight is 611 g/mol. The molecule has 2 aromatic rings. The van der Waals surface area contributed by atoms with Crippen molar-refractivity contribution in [3.63, 3.8) is 0 Å². The smallest absolute Gasteiger partial charge is 0.211 e. The Bertz CT molecular complexity index is 1270. The van der Waals surface area contributed by atoms with E-state index < -0.39 is 0 Å². The van der Waals surface area contributed by atoms with Gasteiger partial charge in [0, 0.05) is 22.3 Å². The van der Waals surface area contributed by atoms with Gasteiger partial charge in [-0.1, -0.05) is 100 Å². The van der Waals surface area contributed by atoms with Crippen LogP contribution in [0.4, 0.5) is 0 Å². The highest BCUT2D eigenvalue weighted by molar-refractivity contribution is 5.83. The van der Waals surface area contributed by atoms with Crippen molar-refractivity contribution in [3.8, 4) is 0 Å². The Morgan fingerprint density at radius 3 is 1.22 bits per heavy atom. The van der Waals surface area contributed by atoms with Crippen LogP contribution < -0.4 is 0 Å². The summed E-state index contributed by atoms with van der Waals surface area (Å²) in [6.45, 7) is 18.4. The summed E-state index contributed by atoms with van der Waals surface area (Å²) in [6, 6.07) is 9.84. The van der Waals surface area contributed by atoms with Crippen molar-refractivity contribution in [3.05, 3.63) is 85.5 Å². The monoisotopic (exact) mass is 611 g/mol. The van der Waals surface area contributed by atoms with Gasteiger partial charge in [0.2, 0.25) is 11.4 Å². The Hall–Kier alpha value is -2.48. The number of nitrogens with zero attached hydrogens (tertiary/aromatic N) is 2. The SMILES string of the molecule is CCCCC1=C(c2cc(CCC)c(CCC)c(CCC)c2)[N+](=[N-])C(c2cc(CCCC)c(CCCC)c(CCCC)c2)=C1CC. The van der Waals surface area contributed by atoms with E-state index in [0.29, 0.717) is 0 Å². The summed E-state index contributed by atoms with van der Waals surface area (Å²) in [6.07, 6.45) is 21.8. The second kappa shape index (κ2) is 19.2. The molecule has 0 saturated carbocycles. The van der Waals surface area contributed by atoms with Gasteiger partial charge in [-0.3, -0.25) is 0 Å². The first-order valence-electron chi connectivity index (χ1n) is 19.2. The van der Waals surface area contributed by atoms with Gasteiger partial charge in [0.15, 0.2) is 0 Å². The Labute approximate surface area is 278 Å². The first-order chi connectivity index (χ1) is 21.9. The van der Waals surface area contributed by atoms with Crippen LogP contribution >= 0.6 is 0 Å². The lowest BCUT2D eigenvalue weighted by molar-refractivity contribution is -0.345. The summed E-state index contributed by atoms with van der Waals surface area (Å²) in [5.74, 6) is 0. The van der Waals surface area contributed by atoms with Crippen molar-refractivity contribution >= 4 is 11.4 Å². The van der Waals surface area contributed by atoms with Crippen molar-refractivity contribution in [2.45, 2.75) is 177 Å². The Morgan fingerprint density at radius 2 is 0.800 bits per heavy atom. The summed E-state index contributed by atoms with van der Waals surface area (Å²) in [5, 5.41) is 0. The molecule has 0 amide bonds. The zero-order chi connectivity index (χ0) is 32.8. The van der Waals surface area contributed by atoms with E-state index in [9.17, 15) is 5.53 Å². The predicted molar refractivity (Wildman–Crippen MR) is 198 cm³/mol. The van der Waals surface area contributed by atoms with Crippen LogP contribution in [0.25, 0.3) is 16.9 Å². The molecule has 0 spiro atoms. The number of benzene rings is 2. The van der Waals surface area contributed by atoms with Gasteiger partial charge in [0.05, 0.1) is 0 Å². The quantitative estimate of drug-likeness (QED) is 0.126. The minimum Gasteiger partial charge on any atom is -0.493 e. The van der Waals surface area contributed by atoms with Gasteiger partial charge in [-0.15, -0.1) is 0 Å². The third-order valence-electron chi connectivity index (χ3n) is 9.83. The van der Waals surface area contributed by atoms with E-state index >= 15 is 0 Å². The zero-order valence-corrected chi connectivity index (χ0v) is 30.6. The first-order valence-corrected chi connectivity index (χ1v) is 19.2. The van der Waals surface area contributed by atoms with Crippen molar-refractivity contribution in [1.82, 2.24) is 0 Å². The van der Waals surface area contributed by atoms with Gasteiger partial charge in [-0.05, 0) is 135 Å². The van der Waals surface area contributed by atoms with Crippen molar-refractivity contribution in [2.24, 2.45) is 0 Å². The van der Waals surface area contributed by atoms with Crippen LogP contribution in [-0.4, -0.2) is 4.70 Å². The van der Waals surface area contributed by atoms with Gasteiger partial charge < -0.3 is 5.53 Å². The molecular formula is C43H66N2. The normalized spacial score (nSPS) is 13.6. The van der Waals surface area contributed by atoms with E-state index in [4.69, 9.17) is 0 Å². The fourth-order valence-electron chi connectivity index (χ4n) is 7.53. The maximum absolute atomic E-state index is 12.4. The van der Waals surface area contributed by atoms with Crippen LogP contribution in [0.15, 0.2) is 35.4 Å². The van der Waals surface area contributed by atoms with E-state index in [-0.39, 0.29) is 0 Å². The molecule has 0 unspecified atom stereocenters. The highest BCUT2D eigenvalue weighted by atomic mass is 15.2. The number of rotatable bonds is 21. The molecular weight excluding hydrogens is 544 g/mol. The summed E-state index contributed by atoms with van der Waals surface area (Å²) < 4.78 is 1.64. The van der Waals surface area contributed by atoms with E-state index in [0.717, 1.165) is 82.0 Å². The van der Waals surface area contributed by atoms with Crippen LogP contribution in [0.2, 0.25) is 0 Å². The molecule has 0 N–H and O–H groups in total. The molecule has 1 aliphatic rings. The fraction of sp³-hybridized carbons (Fsp3) is 0.628. The number of aryl methyl sites for hydroxylation is 4. The minimum atomic E-state index is 0.929. The van der Waals surface area contributed by atoms with E-state index in [1.54, 1.807) is 15.8 Å². The lowest BCUT2D eigenvalue weighted by atomic mass is 9.87. The van der Waals surface area contributed by atoms with E-state index in [1.807, 2.05) is 0 Å². The van der Waals surface area contributed by atoms with Crippen LogP contribution in [0.5, 0.6) is 0 Å². The van der Waals surface area contributed by atoms with Crippen LogP contribution in [0, 0.1) is 0 Å². The van der Waals surface area contributed by atoms with Crippen LogP contribution in [-0.2, 0) is 38.5 Å². The molecule has 1 heterocycles. The highest BCUT2D eigenvalue weighted by Crippen LogP contribution is 2.45. The second-order valence-corrected chi connectivity index (χ2v) is 13.5. The molecule has 248 valence electrons. The van der Waals surface area contributed by atoms with Crippen LogP contribution in [0.1, 0.15) is 183 Å². The van der Waals surface area contributed by atoms with Crippen molar-refractivity contribution in [1.29, 1.82) is 0 Å². The van der Waals surface area contributed by atoms with Gasteiger partial charge in [0.1, 0.15) is 0 Å². The third kappa shape index (κ3) is 9.08. The zero-order valence-electron chi connectivity index (χ0n) is 30.6. The summed E-state index contributed by atoms with van der Waals surface area (Å²) in [7, 11) is 0. The summed E-state index contributed by atoms with van der Waals surface area (Å²) in [4.78, 5) is 0. The molecule has 0 atom stereocenters. The molecule has 0 aromatic heterocycles. The van der Waals surface area contributed by atoms with Crippen LogP contribution in [0.3, 0.4) is 0 Å². The van der Waals surface area contributed by atoms with Gasteiger partial charge >= 0.3 is 0 Å². The topological polar surface area (TPSA) is 25.3 Å². The Kier molecular flexibility index (Phi) is 15.8. The molecule has 0 aliphatic carbocycles. The highest BCUT2D eigenvalue weighted by Gasteiger charge is 2.35. The molecule has 0 radical (unpaired) electrons. The van der Waals surface area contributed by atoms with Crippen molar-refractivity contribution in [2.75, 3.05) is 0 Å². The molecule has 2 aromatic carbocycles.